The van der Waals surface area contributed by atoms with Crippen LogP contribution >= 0.6 is 12.2 Å². The van der Waals surface area contributed by atoms with Gasteiger partial charge in [0.2, 0.25) is 0 Å². The quantitative estimate of drug-likeness (QED) is 0.140. The maximum atomic E-state index is 5.78. The molecule has 7 nitrogen and oxygen atoms in total. The van der Waals surface area contributed by atoms with Crippen LogP contribution in [0, 0.1) is 0 Å². The van der Waals surface area contributed by atoms with Crippen LogP contribution in [0.1, 0.15) is 5.56 Å². The van der Waals surface area contributed by atoms with Gasteiger partial charge in [-0.25, -0.2) is 9.97 Å². The number of nitrogens with one attached hydrogen (secondary N) is 1. The number of imidazole rings is 2. The first-order chi connectivity index (χ1) is 17.6. The molecule has 0 radical (unpaired) electrons. The van der Waals surface area contributed by atoms with E-state index >= 15 is 0 Å². The maximum Gasteiger partial charge on any atom is 0.137 e. The van der Waals surface area contributed by atoms with E-state index in [1.165, 1.54) is 0 Å². The monoisotopic (exact) mass is 491 g/mol. The molecule has 6 rings (SSSR count). The lowest BCUT2D eigenvalue weighted by Crippen LogP contribution is -2.29. The number of aromatic nitrogens is 4. The summed E-state index contributed by atoms with van der Waals surface area (Å²) in [5, 5.41) is 0. The van der Waals surface area contributed by atoms with Crippen LogP contribution in [0.3, 0.4) is 0 Å². The van der Waals surface area contributed by atoms with E-state index in [1.54, 1.807) is 0 Å². The van der Waals surface area contributed by atoms with Crippen LogP contribution in [0.5, 0.6) is 0 Å². The van der Waals surface area contributed by atoms with E-state index in [2.05, 4.69) is 36.3 Å². The summed E-state index contributed by atoms with van der Waals surface area (Å²) in [7, 11) is 0. The molecule has 0 bridgehead atoms. The number of hydrazine groups is 1. The van der Waals surface area contributed by atoms with Crippen molar-refractivity contribution in [3.63, 3.8) is 0 Å². The highest BCUT2D eigenvalue weighted by Gasteiger charge is 2.07. The number of benzene rings is 2. The normalized spacial score (nSPS) is 10.7. The first-order valence-corrected chi connectivity index (χ1v) is 11.8. The minimum Gasteiger partial charge on any atom is -0.399 e. The number of nitrogens with two attached hydrogens (primary N) is 2. The molecule has 178 valence electrons. The molecule has 0 saturated heterocycles. The van der Waals surface area contributed by atoms with Gasteiger partial charge in [0.25, 0.3) is 0 Å². The predicted molar refractivity (Wildman–Crippen MR) is 149 cm³/mol. The fourth-order valence-electron chi connectivity index (χ4n) is 4.07. The summed E-state index contributed by atoms with van der Waals surface area (Å²) in [4.78, 5) is 9.38. The van der Waals surface area contributed by atoms with Crippen molar-refractivity contribution >= 4 is 34.2 Å². The molecule has 4 aromatic heterocycles. The molecular weight excluding hydrogens is 466 g/mol. The molecular formula is C28H25N7S. The van der Waals surface area contributed by atoms with Gasteiger partial charge in [-0.05, 0) is 48.0 Å². The average Bonchev–Trinajstić information content (AvgIpc) is 3.54. The number of anilines is 1. The summed E-state index contributed by atoms with van der Waals surface area (Å²) in [6.07, 6.45) is 8.39. The zero-order chi connectivity index (χ0) is 24.9. The largest absolute Gasteiger partial charge is 0.399 e. The van der Waals surface area contributed by atoms with E-state index in [0.29, 0.717) is 11.4 Å². The minimum atomic E-state index is 0.625. The Morgan fingerprint density at radius 3 is 1.92 bits per heavy atom. The van der Waals surface area contributed by atoms with Crippen LogP contribution < -0.4 is 17.0 Å². The molecule has 4 heterocycles. The average molecular weight is 492 g/mol. The van der Waals surface area contributed by atoms with Gasteiger partial charge in [-0.2, -0.15) is 0 Å². The predicted octanol–water partition coefficient (Wildman–Crippen LogP) is 4.92. The van der Waals surface area contributed by atoms with Gasteiger partial charge in [0.15, 0.2) is 0 Å². The highest BCUT2D eigenvalue weighted by molar-refractivity contribution is 7.80. The second-order valence-corrected chi connectivity index (χ2v) is 8.71. The second-order valence-electron chi connectivity index (χ2n) is 8.21. The van der Waals surface area contributed by atoms with E-state index in [0.717, 1.165) is 45.1 Å². The molecule has 0 spiro atoms. The highest BCUT2D eigenvalue weighted by atomic mass is 32.1. The van der Waals surface area contributed by atoms with E-state index in [4.69, 9.17) is 23.8 Å². The molecule has 0 aliphatic heterocycles. The second kappa shape index (κ2) is 10.4. The molecule has 6 aromatic rings. The standard InChI is InChI=1S/C15H14N4S.C13H11N3/c16-18-15(20)9-11-4-3-5-12(8-11)13-10-17-14-6-1-2-7-19(13)14;14-11-5-3-4-10(8-11)12-9-15-13-6-1-2-7-16(12)13/h1-8,10H,9,16H2,(H,18,20);1-9H,14H2. The lowest BCUT2D eigenvalue weighted by molar-refractivity contribution is 1.02. The Balaban J connectivity index is 0.000000152. The van der Waals surface area contributed by atoms with Gasteiger partial charge < -0.3 is 11.2 Å². The number of hydrogen-bond acceptors (Lipinski definition) is 5. The molecule has 2 aromatic carbocycles. The smallest absolute Gasteiger partial charge is 0.137 e. The maximum absolute atomic E-state index is 5.78. The number of fused-ring (bicyclic) bond motifs is 2. The summed E-state index contributed by atoms with van der Waals surface area (Å²) < 4.78 is 4.12. The summed E-state index contributed by atoms with van der Waals surface area (Å²) in [6, 6.07) is 28.0. The van der Waals surface area contributed by atoms with E-state index in [-0.39, 0.29) is 0 Å². The van der Waals surface area contributed by atoms with E-state index in [9.17, 15) is 0 Å². The number of pyridine rings is 2. The van der Waals surface area contributed by atoms with Gasteiger partial charge in [0.1, 0.15) is 11.3 Å². The van der Waals surface area contributed by atoms with Crippen molar-refractivity contribution in [1.82, 2.24) is 24.2 Å². The molecule has 0 atom stereocenters. The molecule has 0 aliphatic rings. The molecule has 0 saturated carbocycles. The van der Waals surface area contributed by atoms with Crippen LogP contribution in [-0.2, 0) is 6.42 Å². The van der Waals surface area contributed by atoms with Gasteiger partial charge >= 0.3 is 0 Å². The van der Waals surface area contributed by atoms with Gasteiger partial charge in [-0.3, -0.25) is 14.6 Å². The molecule has 0 fully saturated rings. The molecule has 0 amide bonds. The number of nitrogen functional groups attached to an aromatic ring is 1. The topological polar surface area (TPSA) is 98.7 Å². The Morgan fingerprint density at radius 1 is 0.750 bits per heavy atom. The van der Waals surface area contributed by atoms with Crippen LogP contribution in [0.2, 0.25) is 0 Å². The zero-order valence-corrected chi connectivity index (χ0v) is 20.3. The third-order valence-electron chi connectivity index (χ3n) is 5.76. The number of thiocarbonyl (C=S) groups is 1. The third kappa shape index (κ3) is 4.95. The fraction of sp³-hybridized carbons (Fsp3) is 0.0357. The Kier molecular flexibility index (Phi) is 6.70. The molecule has 0 aliphatic carbocycles. The summed E-state index contributed by atoms with van der Waals surface area (Å²) in [5.41, 5.74) is 16.4. The van der Waals surface area contributed by atoms with Crippen LogP contribution in [0.15, 0.2) is 110 Å². The van der Waals surface area contributed by atoms with Crippen LogP contribution in [-0.4, -0.2) is 23.8 Å². The van der Waals surface area contributed by atoms with Crippen LogP contribution in [0.4, 0.5) is 5.69 Å². The van der Waals surface area contributed by atoms with Crippen molar-refractivity contribution in [1.29, 1.82) is 0 Å². The van der Waals surface area contributed by atoms with Gasteiger partial charge in [0.05, 0.1) is 28.8 Å². The van der Waals surface area contributed by atoms with Gasteiger partial charge in [-0.15, -0.1) is 0 Å². The Morgan fingerprint density at radius 2 is 1.33 bits per heavy atom. The first kappa shape index (κ1) is 23.2. The van der Waals surface area contributed by atoms with Crippen molar-refractivity contribution in [2.24, 2.45) is 5.84 Å². The molecule has 36 heavy (non-hydrogen) atoms. The Hall–Kier alpha value is -4.53. The summed E-state index contributed by atoms with van der Waals surface area (Å²) >= 11 is 5.10. The van der Waals surface area contributed by atoms with Gasteiger partial charge in [-0.1, -0.05) is 54.7 Å². The lowest BCUT2D eigenvalue weighted by atomic mass is 10.1. The number of rotatable bonds is 4. The van der Waals surface area contributed by atoms with E-state index in [1.807, 2.05) is 97.6 Å². The molecule has 0 unspecified atom stereocenters. The van der Waals surface area contributed by atoms with Crippen molar-refractivity contribution < 1.29 is 0 Å². The summed E-state index contributed by atoms with van der Waals surface area (Å²) in [6.45, 7) is 0. The Labute approximate surface area is 214 Å². The van der Waals surface area contributed by atoms with Crippen molar-refractivity contribution in [3.8, 4) is 22.5 Å². The molecule has 8 heteroatoms. The third-order valence-corrected chi connectivity index (χ3v) is 6.03. The molecule has 5 N–H and O–H groups in total. The Bertz CT molecular complexity index is 1650. The van der Waals surface area contributed by atoms with Crippen molar-refractivity contribution in [3.05, 3.63) is 115 Å². The number of hydrogen-bond donors (Lipinski definition) is 3. The van der Waals surface area contributed by atoms with Crippen molar-refractivity contribution in [2.75, 3.05) is 5.73 Å². The minimum absolute atomic E-state index is 0.625. The fourth-order valence-corrected chi connectivity index (χ4v) is 4.23. The van der Waals surface area contributed by atoms with Crippen LogP contribution in [0.25, 0.3) is 33.8 Å². The van der Waals surface area contributed by atoms with Gasteiger partial charge in [0, 0.05) is 35.6 Å². The first-order valence-electron chi connectivity index (χ1n) is 11.4. The highest BCUT2D eigenvalue weighted by Crippen LogP contribution is 2.23. The number of nitrogens with zero attached hydrogens (tertiary/aromatic N) is 4. The SMILES string of the molecule is NNC(=S)Cc1cccc(-c2cnc3ccccn23)c1.Nc1cccc(-c2cnc3ccccn23)c1. The summed E-state index contributed by atoms with van der Waals surface area (Å²) in [5.74, 6) is 5.32. The van der Waals surface area contributed by atoms with Crippen molar-refractivity contribution in [2.45, 2.75) is 6.42 Å². The lowest BCUT2D eigenvalue weighted by Gasteiger charge is -2.06. The zero-order valence-electron chi connectivity index (χ0n) is 19.5. The van der Waals surface area contributed by atoms with E-state index < -0.39 is 0 Å².